The Morgan fingerprint density at radius 3 is 3.00 bits per heavy atom. The average molecular weight is 267 g/mol. The van der Waals surface area contributed by atoms with Gasteiger partial charge in [-0.2, -0.15) is 5.10 Å². The number of aryl methyl sites for hydroxylation is 1. The molecule has 4 heteroatoms. The summed E-state index contributed by atoms with van der Waals surface area (Å²) in [5.41, 5.74) is -0.0179. The van der Waals surface area contributed by atoms with Gasteiger partial charge in [-0.3, -0.25) is 4.79 Å². The van der Waals surface area contributed by atoms with Crippen molar-refractivity contribution in [3.63, 3.8) is 0 Å². The van der Waals surface area contributed by atoms with Crippen molar-refractivity contribution in [1.82, 2.24) is 9.78 Å². The molecular weight excluding hydrogens is 256 g/mol. The Hall–Kier alpha value is -1.16. The Balaban J connectivity index is 2.71. The second kappa shape index (κ2) is 4.14. The lowest BCUT2D eigenvalue weighted by Gasteiger charge is -2.04. The normalized spacial score (nSPS) is 10.8. The second-order valence-corrected chi connectivity index (χ2v) is 4.32. The largest absolute Gasteiger partial charge is 0.274 e. The number of halogens is 1. The van der Waals surface area contributed by atoms with Crippen LogP contribution >= 0.6 is 15.9 Å². The highest BCUT2D eigenvalue weighted by Crippen LogP contribution is 2.15. The molecule has 0 atom stereocenters. The summed E-state index contributed by atoms with van der Waals surface area (Å²) in [5.74, 6) is 0. The molecule has 0 saturated carbocycles. The summed E-state index contributed by atoms with van der Waals surface area (Å²) in [6.45, 7) is 2.69. The van der Waals surface area contributed by atoms with Crippen molar-refractivity contribution in [2.45, 2.75) is 19.9 Å². The predicted octanol–water partition coefficient (Wildman–Crippen LogP) is 2.57. The lowest BCUT2D eigenvalue weighted by molar-refractivity contribution is 0.574. The van der Waals surface area contributed by atoms with E-state index >= 15 is 0 Å². The lowest BCUT2D eigenvalue weighted by Crippen LogP contribution is -2.22. The molecule has 0 fully saturated rings. The second-order valence-electron chi connectivity index (χ2n) is 3.40. The Labute approximate surface area is 95.9 Å². The SMILES string of the molecule is CCCn1ncc2ccc(Br)cc2c1=O. The Bertz CT molecular complexity index is 548. The maximum atomic E-state index is 12.0. The number of nitrogens with zero attached hydrogens (tertiary/aromatic N) is 2. The molecule has 0 amide bonds. The van der Waals surface area contributed by atoms with E-state index in [1.807, 2.05) is 25.1 Å². The monoisotopic (exact) mass is 266 g/mol. The van der Waals surface area contributed by atoms with Crippen molar-refractivity contribution in [1.29, 1.82) is 0 Å². The zero-order chi connectivity index (χ0) is 10.8. The molecule has 15 heavy (non-hydrogen) atoms. The molecule has 0 aliphatic carbocycles. The van der Waals surface area contributed by atoms with Gasteiger partial charge in [0.1, 0.15) is 0 Å². The Morgan fingerprint density at radius 1 is 1.47 bits per heavy atom. The fourth-order valence-corrected chi connectivity index (χ4v) is 1.88. The minimum atomic E-state index is -0.0179. The summed E-state index contributed by atoms with van der Waals surface area (Å²) in [6, 6.07) is 5.64. The summed E-state index contributed by atoms with van der Waals surface area (Å²) in [5, 5.41) is 5.72. The van der Waals surface area contributed by atoms with E-state index in [-0.39, 0.29) is 5.56 Å². The number of aromatic nitrogens is 2. The van der Waals surface area contributed by atoms with Crippen molar-refractivity contribution >= 4 is 26.7 Å². The first kappa shape index (κ1) is 10.4. The fourth-order valence-electron chi connectivity index (χ4n) is 1.52. The van der Waals surface area contributed by atoms with Gasteiger partial charge in [-0.15, -0.1) is 0 Å². The number of rotatable bonds is 2. The van der Waals surface area contributed by atoms with E-state index in [1.165, 1.54) is 4.68 Å². The third-order valence-electron chi connectivity index (χ3n) is 2.25. The lowest BCUT2D eigenvalue weighted by atomic mass is 10.2. The van der Waals surface area contributed by atoms with Crippen molar-refractivity contribution < 1.29 is 0 Å². The van der Waals surface area contributed by atoms with Gasteiger partial charge in [-0.05, 0) is 18.6 Å². The van der Waals surface area contributed by atoms with Gasteiger partial charge in [0.15, 0.2) is 0 Å². The average Bonchev–Trinajstić information content (AvgIpc) is 2.23. The molecule has 3 nitrogen and oxygen atoms in total. The molecule has 78 valence electrons. The molecule has 0 radical (unpaired) electrons. The van der Waals surface area contributed by atoms with E-state index in [2.05, 4.69) is 21.0 Å². The Morgan fingerprint density at radius 2 is 2.27 bits per heavy atom. The predicted molar refractivity (Wildman–Crippen MR) is 64.0 cm³/mol. The van der Waals surface area contributed by atoms with Crippen LogP contribution < -0.4 is 5.56 Å². The minimum Gasteiger partial charge on any atom is -0.267 e. The van der Waals surface area contributed by atoms with Crippen molar-refractivity contribution in [3.8, 4) is 0 Å². The smallest absolute Gasteiger partial charge is 0.267 e. The zero-order valence-electron chi connectivity index (χ0n) is 8.40. The van der Waals surface area contributed by atoms with Crippen LogP contribution in [0, 0.1) is 0 Å². The molecule has 2 rings (SSSR count). The molecule has 1 aromatic heterocycles. The zero-order valence-corrected chi connectivity index (χ0v) is 9.99. The van der Waals surface area contributed by atoms with Gasteiger partial charge < -0.3 is 0 Å². The van der Waals surface area contributed by atoms with Gasteiger partial charge in [-0.25, -0.2) is 4.68 Å². The first-order valence-electron chi connectivity index (χ1n) is 4.87. The van der Waals surface area contributed by atoms with Crippen molar-refractivity contribution in [2.75, 3.05) is 0 Å². The third kappa shape index (κ3) is 1.95. The van der Waals surface area contributed by atoms with E-state index in [4.69, 9.17) is 0 Å². The van der Waals surface area contributed by atoms with E-state index in [1.54, 1.807) is 6.20 Å². The topological polar surface area (TPSA) is 34.9 Å². The molecule has 0 aliphatic rings. The molecule has 0 unspecified atom stereocenters. The number of fused-ring (bicyclic) bond motifs is 1. The van der Waals surface area contributed by atoms with Gasteiger partial charge in [0.25, 0.3) is 5.56 Å². The van der Waals surface area contributed by atoms with Crippen LogP contribution in [0.3, 0.4) is 0 Å². The van der Waals surface area contributed by atoms with Crippen LogP contribution in [-0.4, -0.2) is 9.78 Å². The van der Waals surface area contributed by atoms with Crippen LogP contribution in [0.1, 0.15) is 13.3 Å². The highest BCUT2D eigenvalue weighted by Gasteiger charge is 2.03. The third-order valence-corrected chi connectivity index (χ3v) is 2.75. The summed E-state index contributed by atoms with van der Waals surface area (Å²) >= 11 is 3.36. The molecule has 1 heterocycles. The number of hydrogen-bond acceptors (Lipinski definition) is 2. The molecule has 2 aromatic rings. The standard InChI is InChI=1S/C11H11BrN2O/c1-2-5-14-11(15)10-6-9(12)4-3-8(10)7-13-14/h3-4,6-7H,2,5H2,1H3. The maximum Gasteiger partial charge on any atom is 0.274 e. The van der Waals surface area contributed by atoms with Crippen LogP contribution in [-0.2, 0) is 6.54 Å². The van der Waals surface area contributed by atoms with Crippen LogP contribution in [0.25, 0.3) is 10.8 Å². The molecule has 0 N–H and O–H groups in total. The molecule has 0 saturated heterocycles. The molecule has 0 aliphatic heterocycles. The van der Waals surface area contributed by atoms with Crippen LogP contribution in [0.15, 0.2) is 33.7 Å². The maximum absolute atomic E-state index is 12.0. The fraction of sp³-hybridized carbons (Fsp3) is 0.273. The van der Waals surface area contributed by atoms with E-state index in [0.717, 1.165) is 16.3 Å². The summed E-state index contributed by atoms with van der Waals surface area (Å²) in [6.07, 6.45) is 2.64. The van der Waals surface area contributed by atoms with E-state index in [0.29, 0.717) is 11.9 Å². The summed E-state index contributed by atoms with van der Waals surface area (Å²) in [7, 11) is 0. The highest BCUT2D eigenvalue weighted by molar-refractivity contribution is 9.10. The first-order chi connectivity index (χ1) is 7.22. The number of benzene rings is 1. The van der Waals surface area contributed by atoms with Crippen molar-refractivity contribution in [3.05, 3.63) is 39.2 Å². The van der Waals surface area contributed by atoms with Gasteiger partial charge in [-0.1, -0.05) is 28.9 Å². The van der Waals surface area contributed by atoms with E-state index in [9.17, 15) is 4.79 Å². The highest BCUT2D eigenvalue weighted by atomic mass is 79.9. The van der Waals surface area contributed by atoms with E-state index < -0.39 is 0 Å². The van der Waals surface area contributed by atoms with Gasteiger partial charge in [0, 0.05) is 16.4 Å². The summed E-state index contributed by atoms with van der Waals surface area (Å²) < 4.78 is 2.43. The van der Waals surface area contributed by atoms with Gasteiger partial charge in [0.2, 0.25) is 0 Å². The molecule has 0 spiro atoms. The van der Waals surface area contributed by atoms with Gasteiger partial charge in [0.05, 0.1) is 11.6 Å². The molecule has 1 aromatic carbocycles. The minimum absolute atomic E-state index is 0.0179. The molecule has 0 bridgehead atoms. The molecular formula is C11H11BrN2O. The van der Waals surface area contributed by atoms with Crippen LogP contribution in [0.4, 0.5) is 0 Å². The van der Waals surface area contributed by atoms with Crippen molar-refractivity contribution in [2.24, 2.45) is 0 Å². The quantitative estimate of drug-likeness (QED) is 0.838. The van der Waals surface area contributed by atoms with Gasteiger partial charge >= 0.3 is 0 Å². The Kier molecular flexibility index (Phi) is 2.86. The van der Waals surface area contributed by atoms with Crippen LogP contribution in [0.2, 0.25) is 0 Å². The van der Waals surface area contributed by atoms with Crippen LogP contribution in [0.5, 0.6) is 0 Å². The number of hydrogen-bond donors (Lipinski definition) is 0. The summed E-state index contributed by atoms with van der Waals surface area (Å²) in [4.78, 5) is 12.0. The first-order valence-corrected chi connectivity index (χ1v) is 5.67.